The van der Waals surface area contributed by atoms with Crippen molar-refractivity contribution in [2.75, 3.05) is 13.7 Å². The van der Waals surface area contributed by atoms with E-state index in [1.165, 1.54) is 13.2 Å². The van der Waals surface area contributed by atoms with E-state index in [4.69, 9.17) is 23.5 Å². The minimum absolute atomic E-state index is 0.0901. The largest absolute Gasteiger partial charge is 0.495 e. The summed E-state index contributed by atoms with van der Waals surface area (Å²) in [5.74, 6) is -1.14. The van der Waals surface area contributed by atoms with Gasteiger partial charge in [0.2, 0.25) is 0 Å². The highest BCUT2D eigenvalue weighted by molar-refractivity contribution is 6.62. The number of carbonyl (C=O) groups excluding carboxylic acids is 1. The van der Waals surface area contributed by atoms with Crippen LogP contribution in [0, 0.1) is 11.6 Å². The van der Waals surface area contributed by atoms with Crippen LogP contribution in [-0.2, 0) is 25.3 Å². The summed E-state index contributed by atoms with van der Waals surface area (Å²) in [5, 5.41) is 0. The lowest BCUT2D eigenvalue weighted by Gasteiger charge is -2.32. The number of benzene rings is 2. The zero-order valence-electron chi connectivity index (χ0n) is 22.6. The van der Waals surface area contributed by atoms with Gasteiger partial charge in [0, 0.05) is 23.1 Å². The Morgan fingerprint density at radius 2 is 1.78 bits per heavy atom. The van der Waals surface area contributed by atoms with E-state index in [9.17, 15) is 9.18 Å². The van der Waals surface area contributed by atoms with Crippen molar-refractivity contribution in [3.63, 3.8) is 0 Å². The number of fused-ring (bicyclic) bond motifs is 2. The molecular weight excluding hydrogens is 481 g/mol. The third kappa shape index (κ3) is 4.95. The molecule has 0 bridgehead atoms. The summed E-state index contributed by atoms with van der Waals surface area (Å²) in [4.78, 5) is 11.7. The van der Waals surface area contributed by atoms with Crippen molar-refractivity contribution in [3.8, 4) is 11.5 Å². The van der Waals surface area contributed by atoms with Crippen LogP contribution in [0.2, 0.25) is 0 Å². The molecule has 1 fully saturated rings. The number of hydrogen-bond acceptors (Lipinski definition) is 6. The summed E-state index contributed by atoms with van der Waals surface area (Å²) in [6.45, 7) is 12.1. The molecule has 1 saturated heterocycles. The molecule has 5 rings (SSSR count). The summed E-state index contributed by atoms with van der Waals surface area (Å²) in [7, 11) is 0.568. The van der Waals surface area contributed by atoms with Crippen molar-refractivity contribution < 1.29 is 37.1 Å². The maximum Gasteiger partial charge on any atom is 0.495 e. The molecule has 0 amide bonds. The van der Waals surface area contributed by atoms with Gasteiger partial charge < -0.3 is 23.5 Å². The Hall–Kier alpha value is -2.65. The molecule has 0 N–H and O–H groups in total. The highest BCUT2D eigenvalue weighted by Crippen LogP contribution is 2.43. The van der Waals surface area contributed by atoms with Gasteiger partial charge in [-0.05, 0) is 63.7 Å². The quantitative estimate of drug-likeness (QED) is 0.392. The zero-order valence-corrected chi connectivity index (χ0v) is 22.6. The summed E-state index contributed by atoms with van der Waals surface area (Å²) in [6, 6.07) is 6.53. The predicted molar refractivity (Wildman–Crippen MR) is 136 cm³/mol. The lowest BCUT2D eigenvalue weighted by molar-refractivity contribution is -0.141. The highest BCUT2D eigenvalue weighted by atomic mass is 19.2. The lowest BCUT2D eigenvalue weighted by atomic mass is 9.74. The number of halogens is 2. The number of methoxy groups -OCH3 is 1. The van der Waals surface area contributed by atoms with Gasteiger partial charge in [-0.25, -0.2) is 8.78 Å². The first kappa shape index (κ1) is 27.4. The van der Waals surface area contributed by atoms with Crippen molar-refractivity contribution in [2.24, 2.45) is 0 Å². The number of ether oxygens (including phenoxy) is 3. The van der Waals surface area contributed by atoms with Crippen LogP contribution in [0.1, 0.15) is 83.1 Å². The first-order chi connectivity index (χ1) is 17.5. The maximum absolute atomic E-state index is 15.0. The Morgan fingerprint density at radius 3 is 2.43 bits per heavy atom. The molecule has 2 aliphatic heterocycles. The standard InChI is InChI=1S/C26H29BF2O6.C2H6/c1-25(2)26(3,4)35-27(34-25)18-12-19(28)24(29)23-17(18)8-9-20(23)33-15-6-7-16-14(10-22(30)31-5)13-32-21(16)11-15;1-2/h6-7,11-12,14,20H,8-10,13H2,1-5H3;1-2H3/t14-,20-;/m1./s1. The van der Waals surface area contributed by atoms with Gasteiger partial charge in [-0.1, -0.05) is 19.9 Å². The molecule has 200 valence electrons. The molecule has 2 aromatic carbocycles. The van der Waals surface area contributed by atoms with Crippen LogP contribution in [0.25, 0.3) is 0 Å². The Bertz CT molecular complexity index is 1170. The fourth-order valence-corrected chi connectivity index (χ4v) is 4.98. The second-order valence-corrected chi connectivity index (χ2v) is 10.4. The van der Waals surface area contributed by atoms with E-state index < -0.39 is 36.1 Å². The third-order valence-electron chi connectivity index (χ3n) is 7.67. The Balaban J connectivity index is 0.00000156. The van der Waals surface area contributed by atoms with Crippen LogP contribution in [0.4, 0.5) is 8.78 Å². The monoisotopic (exact) mass is 516 g/mol. The fourth-order valence-electron chi connectivity index (χ4n) is 4.98. The number of carbonyl (C=O) groups is 1. The molecule has 1 aliphatic carbocycles. The minimum Gasteiger partial charge on any atom is -0.492 e. The molecule has 6 nitrogen and oxygen atoms in total. The molecule has 0 spiro atoms. The molecular formula is C28H35BF2O6. The number of hydrogen-bond donors (Lipinski definition) is 0. The van der Waals surface area contributed by atoms with Crippen LogP contribution in [0.15, 0.2) is 24.3 Å². The molecule has 3 aliphatic rings. The van der Waals surface area contributed by atoms with Crippen molar-refractivity contribution in [2.45, 2.75) is 84.0 Å². The minimum atomic E-state index is -0.952. The maximum atomic E-state index is 15.0. The van der Waals surface area contributed by atoms with Crippen molar-refractivity contribution in [1.82, 2.24) is 0 Å². The first-order valence-electron chi connectivity index (χ1n) is 12.9. The van der Waals surface area contributed by atoms with Gasteiger partial charge in [0.15, 0.2) is 11.6 Å². The average molecular weight is 516 g/mol. The fraction of sp³-hybridized carbons (Fsp3) is 0.536. The van der Waals surface area contributed by atoms with Crippen molar-refractivity contribution in [3.05, 3.63) is 52.6 Å². The van der Waals surface area contributed by atoms with Gasteiger partial charge in [-0.15, -0.1) is 0 Å². The van der Waals surface area contributed by atoms with Gasteiger partial charge in [0.25, 0.3) is 0 Å². The van der Waals surface area contributed by atoms with Crippen molar-refractivity contribution >= 4 is 18.6 Å². The van der Waals surface area contributed by atoms with Crippen LogP contribution in [-0.4, -0.2) is 38.0 Å². The number of rotatable bonds is 5. The molecule has 0 aromatic heterocycles. The van der Waals surface area contributed by atoms with Gasteiger partial charge in [0.1, 0.15) is 17.6 Å². The molecule has 2 atom stereocenters. The Labute approximate surface area is 217 Å². The van der Waals surface area contributed by atoms with Gasteiger partial charge in [-0.2, -0.15) is 0 Å². The summed E-state index contributed by atoms with van der Waals surface area (Å²) >= 11 is 0. The zero-order chi connectivity index (χ0) is 27.1. The second kappa shape index (κ2) is 10.3. The van der Waals surface area contributed by atoms with E-state index in [-0.39, 0.29) is 23.9 Å². The normalized spacial score (nSPS) is 22.5. The van der Waals surface area contributed by atoms with E-state index in [0.29, 0.717) is 42.0 Å². The molecule has 9 heteroatoms. The topological polar surface area (TPSA) is 63.2 Å². The summed E-state index contributed by atoms with van der Waals surface area (Å²) in [6.07, 6.45) is 0.572. The second-order valence-electron chi connectivity index (χ2n) is 10.4. The van der Waals surface area contributed by atoms with Crippen molar-refractivity contribution in [1.29, 1.82) is 0 Å². The highest BCUT2D eigenvalue weighted by Gasteiger charge is 2.53. The van der Waals surface area contributed by atoms with Gasteiger partial charge in [-0.3, -0.25) is 4.79 Å². The third-order valence-corrected chi connectivity index (χ3v) is 7.67. The Kier molecular flexibility index (Phi) is 7.59. The summed E-state index contributed by atoms with van der Waals surface area (Å²) < 4.78 is 58.7. The molecule has 37 heavy (non-hydrogen) atoms. The molecule has 0 unspecified atom stereocenters. The first-order valence-corrected chi connectivity index (χ1v) is 12.9. The van der Waals surface area contributed by atoms with E-state index in [0.717, 1.165) is 5.56 Å². The molecule has 0 saturated carbocycles. The smallest absolute Gasteiger partial charge is 0.492 e. The van der Waals surface area contributed by atoms with Crippen LogP contribution >= 0.6 is 0 Å². The number of esters is 1. The van der Waals surface area contributed by atoms with E-state index in [1.807, 2.05) is 47.6 Å². The Morgan fingerprint density at radius 1 is 1.11 bits per heavy atom. The van der Waals surface area contributed by atoms with E-state index >= 15 is 4.39 Å². The van der Waals surface area contributed by atoms with E-state index in [1.54, 1.807) is 12.1 Å². The summed E-state index contributed by atoms with van der Waals surface area (Å²) in [5.41, 5.74) is 1.09. The average Bonchev–Trinajstić information content (AvgIpc) is 3.51. The molecule has 2 aromatic rings. The molecule has 0 radical (unpaired) electrons. The lowest BCUT2D eigenvalue weighted by Crippen LogP contribution is -2.41. The van der Waals surface area contributed by atoms with Crippen LogP contribution in [0.3, 0.4) is 0 Å². The van der Waals surface area contributed by atoms with Gasteiger partial charge in [0.05, 0.1) is 31.3 Å². The van der Waals surface area contributed by atoms with Gasteiger partial charge >= 0.3 is 13.1 Å². The van der Waals surface area contributed by atoms with Crippen LogP contribution < -0.4 is 14.9 Å². The predicted octanol–water partition coefficient (Wildman–Crippen LogP) is 5.40. The van der Waals surface area contributed by atoms with Crippen LogP contribution in [0.5, 0.6) is 11.5 Å². The SMILES string of the molecule is CC.COC(=O)C[C@@H]1COc2cc(O[C@@H]3CCc4c(B5OC(C)(C)C(C)(C)O5)cc(F)c(F)c43)ccc21. The molecule has 2 heterocycles. The van der Waals surface area contributed by atoms with E-state index in [2.05, 4.69) is 0 Å².